The predicted molar refractivity (Wildman–Crippen MR) is 126 cm³/mol. The van der Waals surface area contributed by atoms with Gasteiger partial charge in [-0.2, -0.15) is 0 Å². The van der Waals surface area contributed by atoms with Crippen LogP contribution in [0.25, 0.3) is 0 Å². The molecule has 9 heteroatoms. The summed E-state index contributed by atoms with van der Waals surface area (Å²) < 4.78 is 19.2. The van der Waals surface area contributed by atoms with Gasteiger partial charge in [-0.1, -0.05) is 12.1 Å². The molecule has 0 bridgehead atoms. The summed E-state index contributed by atoms with van der Waals surface area (Å²) in [5.41, 5.74) is 0.160. The maximum absolute atomic E-state index is 14.0. The number of carbonyl (C=O) groups excluding carboxylic acids is 1. The molecule has 1 aromatic rings. The molecule has 1 fully saturated rings. The maximum atomic E-state index is 14.0. The Balaban J connectivity index is 0.00000420. The minimum atomic E-state index is -0.491. The molecular formula is C20H33FIN5O2. The van der Waals surface area contributed by atoms with Gasteiger partial charge >= 0.3 is 6.09 Å². The maximum Gasteiger partial charge on any atom is 0.407 e. The van der Waals surface area contributed by atoms with Crippen molar-refractivity contribution in [1.29, 1.82) is 0 Å². The number of nitrogens with one attached hydrogen (secondary N) is 2. The van der Waals surface area contributed by atoms with Crippen LogP contribution >= 0.6 is 24.0 Å². The second kappa shape index (κ2) is 12.0. The summed E-state index contributed by atoms with van der Waals surface area (Å²) in [5.74, 6) is 0.640. The Hall–Kier alpha value is -1.78. The molecule has 1 aromatic carbocycles. The van der Waals surface area contributed by atoms with Crippen molar-refractivity contribution in [2.24, 2.45) is 4.99 Å². The third-order valence-electron chi connectivity index (χ3n) is 4.29. The van der Waals surface area contributed by atoms with Crippen LogP contribution in [0, 0.1) is 5.82 Å². The van der Waals surface area contributed by atoms with Crippen molar-refractivity contribution in [2.45, 2.75) is 32.8 Å². The fourth-order valence-corrected chi connectivity index (χ4v) is 2.99. The number of halogens is 2. The number of amides is 1. The lowest BCUT2D eigenvalue weighted by Gasteiger charge is -2.37. The number of anilines is 1. The van der Waals surface area contributed by atoms with Crippen LogP contribution in [-0.4, -0.2) is 68.9 Å². The Bertz CT molecular complexity index is 673. The predicted octanol–water partition coefficient (Wildman–Crippen LogP) is 3.06. The Kier molecular flexibility index (Phi) is 10.5. The van der Waals surface area contributed by atoms with Crippen LogP contribution in [0.2, 0.25) is 0 Å². The van der Waals surface area contributed by atoms with Gasteiger partial charge in [0.2, 0.25) is 0 Å². The number of alkyl carbamates (subject to hydrolysis) is 1. The third kappa shape index (κ3) is 8.63. The van der Waals surface area contributed by atoms with Gasteiger partial charge < -0.3 is 25.2 Å². The van der Waals surface area contributed by atoms with Gasteiger partial charge in [0.1, 0.15) is 11.4 Å². The number of rotatable bonds is 5. The van der Waals surface area contributed by atoms with Gasteiger partial charge in [-0.05, 0) is 39.3 Å². The molecule has 0 aromatic heterocycles. The van der Waals surface area contributed by atoms with Crippen LogP contribution in [-0.2, 0) is 4.74 Å². The molecule has 29 heavy (non-hydrogen) atoms. The van der Waals surface area contributed by atoms with Gasteiger partial charge in [-0.3, -0.25) is 4.99 Å². The Morgan fingerprint density at radius 3 is 2.34 bits per heavy atom. The number of guanidine groups is 1. The summed E-state index contributed by atoms with van der Waals surface area (Å²) in [5, 5.41) is 6.06. The van der Waals surface area contributed by atoms with Gasteiger partial charge in [-0.25, -0.2) is 9.18 Å². The van der Waals surface area contributed by atoms with Crippen LogP contribution in [0.15, 0.2) is 29.3 Å². The quantitative estimate of drug-likeness (QED) is 0.270. The lowest BCUT2D eigenvalue weighted by Crippen LogP contribution is -2.53. The van der Waals surface area contributed by atoms with Crippen molar-refractivity contribution in [3.63, 3.8) is 0 Å². The minimum absolute atomic E-state index is 0. The number of nitrogens with zero attached hydrogens (tertiary/aromatic N) is 3. The minimum Gasteiger partial charge on any atom is -0.444 e. The molecule has 2 N–H and O–H groups in total. The molecule has 1 heterocycles. The summed E-state index contributed by atoms with van der Waals surface area (Å²) in [6.45, 7) is 9.74. The van der Waals surface area contributed by atoms with Gasteiger partial charge in [0.05, 0.1) is 5.69 Å². The molecular weight excluding hydrogens is 488 g/mol. The summed E-state index contributed by atoms with van der Waals surface area (Å²) in [6.07, 6.45) is 0.356. The Labute approximate surface area is 190 Å². The number of benzene rings is 1. The van der Waals surface area contributed by atoms with Crippen molar-refractivity contribution < 1.29 is 13.9 Å². The molecule has 2 rings (SSSR count). The topological polar surface area (TPSA) is 69.2 Å². The van der Waals surface area contributed by atoms with E-state index in [1.54, 1.807) is 13.1 Å². The molecule has 0 unspecified atom stereocenters. The summed E-state index contributed by atoms with van der Waals surface area (Å²) >= 11 is 0. The average molecular weight is 521 g/mol. The Morgan fingerprint density at radius 1 is 1.14 bits per heavy atom. The van der Waals surface area contributed by atoms with Gasteiger partial charge in [0.15, 0.2) is 5.96 Å². The first-order valence-corrected chi connectivity index (χ1v) is 9.72. The van der Waals surface area contributed by atoms with Crippen molar-refractivity contribution in [3.05, 3.63) is 30.1 Å². The van der Waals surface area contributed by atoms with Crippen molar-refractivity contribution in [2.75, 3.05) is 51.2 Å². The van der Waals surface area contributed by atoms with E-state index in [9.17, 15) is 9.18 Å². The van der Waals surface area contributed by atoms with Gasteiger partial charge in [0, 0.05) is 46.3 Å². The first-order chi connectivity index (χ1) is 13.3. The molecule has 1 aliphatic heterocycles. The van der Waals surface area contributed by atoms with Crippen LogP contribution in [0.5, 0.6) is 0 Å². The zero-order valence-electron chi connectivity index (χ0n) is 17.7. The van der Waals surface area contributed by atoms with Crippen molar-refractivity contribution >= 4 is 41.7 Å². The van der Waals surface area contributed by atoms with E-state index in [1.165, 1.54) is 6.07 Å². The molecule has 1 amide bonds. The number of piperazine rings is 1. The largest absolute Gasteiger partial charge is 0.444 e. The fraction of sp³-hybridized carbons (Fsp3) is 0.600. The highest BCUT2D eigenvalue weighted by atomic mass is 127. The third-order valence-corrected chi connectivity index (χ3v) is 4.29. The lowest BCUT2D eigenvalue weighted by molar-refractivity contribution is 0.0527. The zero-order valence-corrected chi connectivity index (χ0v) is 20.0. The van der Waals surface area contributed by atoms with Gasteiger partial charge in [0.25, 0.3) is 0 Å². The smallest absolute Gasteiger partial charge is 0.407 e. The van der Waals surface area contributed by atoms with E-state index in [4.69, 9.17) is 4.74 Å². The molecule has 164 valence electrons. The van der Waals surface area contributed by atoms with Crippen molar-refractivity contribution in [3.8, 4) is 0 Å². The van der Waals surface area contributed by atoms with E-state index in [0.717, 1.165) is 38.6 Å². The van der Waals surface area contributed by atoms with Gasteiger partial charge in [-0.15, -0.1) is 24.0 Å². The normalized spacial score (nSPS) is 14.9. The molecule has 0 spiro atoms. The summed E-state index contributed by atoms with van der Waals surface area (Å²) in [4.78, 5) is 20.2. The molecule has 1 saturated heterocycles. The van der Waals surface area contributed by atoms with Crippen molar-refractivity contribution in [1.82, 2.24) is 15.5 Å². The van der Waals surface area contributed by atoms with E-state index >= 15 is 0 Å². The highest BCUT2D eigenvalue weighted by Crippen LogP contribution is 2.20. The number of hydrogen-bond donors (Lipinski definition) is 2. The monoisotopic (exact) mass is 521 g/mol. The first-order valence-electron chi connectivity index (χ1n) is 9.72. The van der Waals surface area contributed by atoms with Crippen LogP contribution < -0.4 is 15.5 Å². The number of aliphatic imine (C=N–C) groups is 1. The summed E-state index contributed by atoms with van der Waals surface area (Å²) in [6, 6.07) is 6.87. The number of para-hydroxylation sites is 1. The van der Waals surface area contributed by atoms with E-state index in [2.05, 4.69) is 25.4 Å². The molecule has 7 nitrogen and oxygen atoms in total. The molecule has 1 aliphatic rings. The second-order valence-corrected chi connectivity index (χ2v) is 7.68. The van der Waals surface area contributed by atoms with E-state index in [0.29, 0.717) is 18.8 Å². The molecule has 0 aliphatic carbocycles. The number of hydrogen-bond acceptors (Lipinski definition) is 4. The van der Waals surface area contributed by atoms with E-state index in [-0.39, 0.29) is 29.8 Å². The second-order valence-electron chi connectivity index (χ2n) is 7.68. The molecule has 0 radical (unpaired) electrons. The SMILES string of the molecule is CN=C(NCCCNC(=O)OC(C)(C)C)N1CCN(c2ccccc2F)CC1.I. The van der Waals surface area contributed by atoms with Crippen LogP contribution in [0.1, 0.15) is 27.2 Å². The number of ether oxygens (including phenoxy) is 1. The standard InChI is InChI=1S/C20H32FN5O2.HI/c1-20(2,3)28-19(27)24-11-7-10-23-18(22-4)26-14-12-25(13-15-26)17-9-6-5-8-16(17)21;/h5-6,8-9H,7,10-15H2,1-4H3,(H,22,23)(H,24,27);1H. The molecule has 0 saturated carbocycles. The zero-order chi connectivity index (χ0) is 20.6. The van der Waals surface area contributed by atoms with Crippen LogP contribution in [0.3, 0.4) is 0 Å². The fourth-order valence-electron chi connectivity index (χ4n) is 2.99. The highest BCUT2D eigenvalue weighted by Gasteiger charge is 2.21. The van der Waals surface area contributed by atoms with E-state index in [1.807, 2.05) is 32.9 Å². The average Bonchev–Trinajstić information content (AvgIpc) is 2.64. The number of carbonyl (C=O) groups is 1. The highest BCUT2D eigenvalue weighted by molar-refractivity contribution is 14.0. The van der Waals surface area contributed by atoms with E-state index < -0.39 is 11.7 Å². The summed E-state index contributed by atoms with van der Waals surface area (Å²) in [7, 11) is 1.75. The first kappa shape index (κ1) is 25.3. The Morgan fingerprint density at radius 2 is 1.76 bits per heavy atom. The van der Waals surface area contributed by atoms with Crippen LogP contribution in [0.4, 0.5) is 14.9 Å². The lowest BCUT2D eigenvalue weighted by atomic mass is 10.2. The molecule has 0 atom stereocenters.